The SMILES string of the molecule is Cc1cccc(OCc2c(C(=O)Nc3cccc(Cn4cccn4)c3)noc2C)c1C. The van der Waals surface area contributed by atoms with Gasteiger partial charge in [0.1, 0.15) is 18.1 Å². The number of anilines is 1. The predicted octanol–water partition coefficient (Wildman–Crippen LogP) is 4.68. The number of rotatable bonds is 7. The number of nitrogens with one attached hydrogen (secondary N) is 1. The smallest absolute Gasteiger partial charge is 0.278 e. The van der Waals surface area contributed by atoms with Gasteiger partial charge < -0.3 is 14.6 Å². The zero-order valence-corrected chi connectivity index (χ0v) is 17.8. The maximum Gasteiger partial charge on any atom is 0.278 e. The average molecular weight is 416 g/mol. The van der Waals surface area contributed by atoms with Crippen molar-refractivity contribution in [3.8, 4) is 5.75 Å². The lowest BCUT2D eigenvalue weighted by molar-refractivity contribution is 0.101. The first-order valence-electron chi connectivity index (χ1n) is 10.0. The van der Waals surface area contributed by atoms with Gasteiger partial charge in [-0.3, -0.25) is 9.48 Å². The van der Waals surface area contributed by atoms with Crippen molar-refractivity contribution in [3.63, 3.8) is 0 Å². The van der Waals surface area contributed by atoms with E-state index in [2.05, 4.69) is 15.6 Å². The third-order valence-corrected chi connectivity index (χ3v) is 5.22. The summed E-state index contributed by atoms with van der Waals surface area (Å²) in [6.45, 7) is 6.63. The molecule has 0 aliphatic carbocycles. The highest BCUT2D eigenvalue weighted by Gasteiger charge is 2.21. The second-order valence-corrected chi connectivity index (χ2v) is 7.41. The molecule has 7 nitrogen and oxygen atoms in total. The number of carbonyl (C=O) groups excluding carboxylic acids is 1. The molecule has 0 unspecified atom stereocenters. The van der Waals surface area contributed by atoms with Gasteiger partial charge in [-0.2, -0.15) is 5.10 Å². The van der Waals surface area contributed by atoms with Gasteiger partial charge in [-0.05, 0) is 61.7 Å². The number of hydrogen-bond donors (Lipinski definition) is 1. The molecule has 31 heavy (non-hydrogen) atoms. The summed E-state index contributed by atoms with van der Waals surface area (Å²) in [5, 5.41) is 11.1. The third kappa shape index (κ3) is 4.66. The number of hydrogen-bond acceptors (Lipinski definition) is 5. The van der Waals surface area contributed by atoms with E-state index in [1.807, 2.05) is 73.3 Å². The Morgan fingerprint density at radius 3 is 2.77 bits per heavy atom. The highest BCUT2D eigenvalue weighted by atomic mass is 16.5. The van der Waals surface area contributed by atoms with E-state index in [1.54, 1.807) is 13.1 Å². The number of carbonyl (C=O) groups is 1. The van der Waals surface area contributed by atoms with Crippen molar-refractivity contribution in [1.29, 1.82) is 0 Å². The summed E-state index contributed by atoms with van der Waals surface area (Å²) in [7, 11) is 0. The molecule has 2 heterocycles. The van der Waals surface area contributed by atoms with Crippen LogP contribution >= 0.6 is 0 Å². The molecule has 2 aromatic carbocycles. The second kappa shape index (κ2) is 8.87. The minimum Gasteiger partial charge on any atom is -0.488 e. The summed E-state index contributed by atoms with van der Waals surface area (Å²) >= 11 is 0. The fourth-order valence-electron chi connectivity index (χ4n) is 3.29. The molecule has 2 aromatic heterocycles. The molecule has 0 aliphatic rings. The molecular weight excluding hydrogens is 392 g/mol. The highest BCUT2D eigenvalue weighted by molar-refractivity contribution is 6.03. The van der Waals surface area contributed by atoms with Crippen LogP contribution in [0.15, 0.2) is 65.4 Å². The number of aryl methyl sites for hydroxylation is 2. The summed E-state index contributed by atoms with van der Waals surface area (Å²) in [5.41, 5.74) is 4.77. The Hall–Kier alpha value is -3.87. The van der Waals surface area contributed by atoms with Crippen LogP contribution in [0.5, 0.6) is 5.75 Å². The van der Waals surface area contributed by atoms with Gasteiger partial charge in [0.15, 0.2) is 5.69 Å². The molecule has 4 aromatic rings. The largest absolute Gasteiger partial charge is 0.488 e. The van der Waals surface area contributed by atoms with Crippen LogP contribution in [0.4, 0.5) is 5.69 Å². The quantitative estimate of drug-likeness (QED) is 0.473. The molecule has 1 N–H and O–H groups in total. The average Bonchev–Trinajstić information content (AvgIpc) is 3.39. The number of ether oxygens (including phenoxy) is 1. The summed E-state index contributed by atoms with van der Waals surface area (Å²) < 4.78 is 13.1. The molecule has 7 heteroatoms. The Morgan fingerprint density at radius 2 is 1.97 bits per heavy atom. The monoisotopic (exact) mass is 416 g/mol. The van der Waals surface area contributed by atoms with Crippen LogP contribution in [0.1, 0.15) is 38.5 Å². The second-order valence-electron chi connectivity index (χ2n) is 7.41. The van der Waals surface area contributed by atoms with Gasteiger partial charge >= 0.3 is 0 Å². The molecule has 0 spiro atoms. The van der Waals surface area contributed by atoms with Gasteiger partial charge in [0.05, 0.1) is 12.1 Å². The normalized spacial score (nSPS) is 10.8. The minimum atomic E-state index is -0.340. The minimum absolute atomic E-state index is 0.196. The van der Waals surface area contributed by atoms with Crippen LogP contribution in [-0.4, -0.2) is 20.8 Å². The first-order chi connectivity index (χ1) is 15.0. The van der Waals surface area contributed by atoms with Crippen molar-refractivity contribution >= 4 is 11.6 Å². The summed E-state index contributed by atoms with van der Waals surface area (Å²) in [5.74, 6) is 0.994. The molecule has 0 aliphatic heterocycles. The molecule has 0 atom stereocenters. The third-order valence-electron chi connectivity index (χ3n) is 5.22. The van der Waals surface area contributed by atoms with Crippen molar-refractivity contribution in [2.75, 3.05) is 5.32 Å². The van der Waals surface area contributed by atoms with Gasteiger partial charge in [0.25, 0.3) is 5.91 Å². The molecule has 0 bridgehead atoms. The van der Waals surface area contributed by atoms with Crippen molar-refractivity contribution in [2.45, 2.75) is 33.9 Å². The Balaban J connectivity index is 1.48. The standard InChI is InChI=1S/C24H24N4O3/c1-16-7-4-10-22(17(16)2)30-15-21-18(3)31-27-23(21)24(29)26-20-9-5-8-19(13-20)14-28-12-6-11-25-28/h4-13H,14-15H2,1-3H3,(H,26,29). The fraction of sp³-hybridized carbons (Fsp3) is 0.208. The van der Waals surface area contributed by atoms with Gasteiger partial charge in [0, 0.05) is 18.1 Å². The zero-order chi connectivity index (χ0) is 21.8. The van der Waals surface area contributed by atoms with Crippen LogP contribution in [0.3, 0.4) is 0 Å². The van der Waals surface area contributed by atoms with E-state index in [0.29, 0.717) is 23.6 Å². The van der Waals surface area contributed by atoms with Gasteiger partial charge in [-0.15, -0.1) is 0 Å². The van der Waals surface area contributed by atoms with Gasteiger partial charge in [0.2, 0.25) is 0 Å². The van der Waals surface area contributed by atoms with E-state index in [-0.39, 0.29) is 18.2 Å². The Morgan fingerprint density at radius 1 is 1.13 bits per heavy atom. The molecular formula is C24H24N4O3. The van der Waals surface area contributed by atoms with Crippen molar-refractivity contribution in [1.82, 2.24) is 14.9 Å². The van der Waals surface area contributed by atoms with E-state index < -0.39 is 0 Å². The van der Waals surface area contributed by atoms with Crippen molar-refractivity contribution < 1.29 is 14.1 Å². The lowest BCUT2D eigenvalue weighted by Crippen LogP contribution is -2.15. The number of benzene rings is 2. The maximum absolute atomic E-state index is 12.9. The van der Waals surface area contributed by atoms with Gasteiger partial charge in [-0.1, -0.05) is 29.4 Å². The fourth-order valence-corrected chi connectivity index (χ4v) is 3.29. The van der Waals surface area contributed by atoms with E-state index in [1.165, 1.54) is 0 Å². The van der Waals surface area contributed by atoms with E-state index in [4.69, 9.17) is 9.26 Å². The predicted molar refractivity (Wildman–Crippen MR) is 117 cm³/mol. The maximum atomic E-state index is 12.9. The first-order valence-corrected chi connectivity index (χ1v) is 10.0. The number of aromatic nitrogens is 3. The Labute approximate surface area is 180 Å². The molecule has 0 radical (unpaired) electrons. The summed E-state index contributed by atoms with van der Waals surface area (Å²) in [6.07, 6.45) is 3.63. The van der Waals surface area contributed by atoms with Crippen LogP contribution in [0, 0.1) is 20.8 Å². The van der Waals surface area contributed by atoms with Crippen LogP contribution in [-0.2, 0) is 13.2 Å². The summed E-state index contributed by atoms with van der Waals surface area (Å²) in [4.78, 5) is 12.9. The van der Waals surface area contributed by atoms with Crippen LogP contribution in [0.25, 0.3) is 0 Å². The molecule has 0 saturated heterocycles. The van der Waals surface area contributed by atoms with E-state index in [9.17, 15) is 4.79 Å². The Bertz CT molecular complexity index is 1200. The summed E-state index contributed by atoms with van der Waals surface area (Å²) in [6, 6.07) is 15.4. The molecule has 4 rings (SSSR count). The Kier molecular flexibility index (Phi) is 5.84. The van der Waals surface area contributed by atoms with Crippen LogP contribution < -0.4 is 10.1 Å². The first kappa shape index (κ1) is 20.4. The topological polar surface area (TPSA) is 82.2 Å². The molecule has 0 fully saturated rings. The van der Waals surface area contributed by atoms with E-state index >= 15 is 0 Å². The lowest BCUT2D eigenvalue weighted by atomic mass is 10.1. The zero-order valence-electron chi connectivity index (χ0n) is 17.8. The number of nitrogens with zero attached hydrogens (tertiary/aromatic N) is 3. The van der Waals surface area contributed by atoms with Crippen molar-refractivity contribution in [3.05, 3.63) is 94.6 Å². The molecule has 1 amide bonds. The van der Waals surface area contributed by atoms with E-state index in [0.717, 1.165) is 22.4 Å². The highest BCUT2D eigenvalue weighted by Crippen LogP contribution is 2.24. The lowest BCUT2D eigenvalue weighted by Gasteiger charge is -2.11. The molecule has 0 saturated carbocycles. The molecule has 158 valence electrons. The van der Waals surface area contributed by atoms with Crippen LogP contribution in [0.2, 0.25) is 0 Å². The van der Waals surface area contributed by atoms with Crippen molar-refractivity contribution in [2.24, 2.45) is 0 Å². The number of amides is 1. The van der Waals surface area contributed by atoms with Gasteiger partial charge in [-0.25, -0.2) is 0 Å².